The second-order valence-electron chi connectivity index (χ2n) is 12.6. The SMILES string of the molecule is CCN(Cc1cc(C(O)C(O)[C@@H](O)[C@@H](O)[C@H](O)[C@H](O)C(=O)C(=O)Cc2ccccc2Nc2c(Cl)cccc2Cl)cc(Br)c1N)C1CCCCC1. The van der Waals surface area contributed by atoms with Crippen LogP contribution in [0.1, 0.15) is 61.8 Å². The molecule has 1 saturated carbocycles. The van der Waals surface area contributed by atoms with Gasteiger partial charge in [0.1, 0.15) is 36.6 Å². The highest BCUT2D eigenvalue weighted by molar-refractivity contribution is 9.10. The average molecular weight is 798 g/mol. The van der Waals surface area contributed by atoms with Gasteiger partial charge in [-0.05, 0) is 82.3 Å². The molecule has 0 heterocycles. The first-order valence-electron chi connectivity index (χ1n) is 16.5. The molecule has 0 saturated heterocycles. The number of ketones is 2. The molecule has 4 rings (SSSR count). The third-order valence-corrected chi connectivity index (χ3v) is 10.6. The van der Waals surface area contributed by atoms with Crippen LogP contribution in [-0.4, -0.2) is 90.2 Å². The number of nitrogens with zero attached hydrogens (tertiary/aromatic N) is 1. The number of halogens is 3. The van der Waals surface area contributed by atoms with E-state index >= 15 is 0 Å². The van der Waals surface area contributed by atoms with Gasteiger partial charge in [-0.1, -0.05) is 73.7 Å². The number of nitrogen functional groups attached to an aromatic ring is 1. The number of hydrogen-bond donors (Lipinski definition) is 8. The minimum atomic E-state index is -2.45. The van der Waals surface area contributed by atoms with Crippen LogP contribution in [0.3, 0.4) is 0 Å². The first-order valence-corrected chi connectivity index (χ1v) is 18.1. The molecule has 3 aromatic carbocycles. The maximum atomic E-state index is 13.0. The van der Waals surface area contributed by atoms with Crippen molar-refractivity contribution in [2.45, 2.75) is 94.7 Å². The van der Waals surface area contributed by atoms with E-state index < -0.39 is 54.6 Å². The highest BCUT2D eigenvalue weighted by Gasteiger charge is 2.41. The van der Waals surface area contributed by atoms with E-state index in [4.69, 9.17) is 28.9 Å². The Balaban J connectivity index is 1.42. The van der Waals surface area contributed by atoms with Gasteiger partial charge in [0, 0.05) is 29.2 Å². The first kappa shape index (κ1) is 40.2. The van der Waals surface area contributed by atoms with Crippen LogP contribution in [0.4, 0.5) is 17.1 Å². The summed E-state index contributed by atoms with van der Waals surface area (Å²) in [5.41, 5.74) is 8.80. The molecule has 50 heavy (non-hydrogen) atoms. The van der Waals surface area contributed by atoms with Crippen LogP contribution in [0.5, 0.6) is 0 Å². The Labute approximate surface area is 309 Å². The minimum Gasteiger partial charge on any atom is -0.398 e. The minimum absolute atomic E-state index is 0.172. The number of benzene rings is 3. The molecule has 1 aliphatic carbocycles. The Kier molecular flexibility index (Phi) is 14.6. The third kappa shape index (κ3) is 9.62. The quantitative estimate of drug-likeness (QED) is 0.0754. The molecule has 11 nitrogen and oxygen atoms in total. The van der Waals surface area contributed by atoms with Crippen molar-refractivity contribution in [3.63, 3.8) is 0 Å². The van der Waals surface area contributed by atoms with E-state index in [9.17, 15) is 40.2 Å². The van der Waals surface area contributed by atoms with Crippen LogP contribution in [0.25, 0.3) is 0 Å². The molecule has 0 spiro atoms. The zero-order valence-electron chi connectivity index (χ0n) is 27.6. The molecule has 14 heteroatoms. The summed E-state index contributed by atoms with van der Waals surface area (Å²) in [7, 11) is 0. The van der Waals surface area contributed by atoms with Gasteiger partial charge in [0.2, 0.25) is 11.6 Å². The number of para-hydroxylation sites is 2. The van der Waals surface area contributed by atoms with E-state index in [0.29, 0.717) is 55.3 Å². The molecule has 6 atom stereocenters. The lowest BCUT2D eigenvalue weighted by molar-refractivity contribution is -0.165. The Morgan fingerprint density at radius 3 is 2.14 bits per heavy atom. The summed E-state index contributed by atoms with van der Waals surface area (Å²) in [6.45, 7) is 3.33. The lowest BCUT2D eigenvalue weighted by atomic mass is 9.90. The van der Waals surface area contributed by atoms with Crippen LogP contribution in [0.15, 0.2) is 59.1 Å². The summed E-state index contributed by atoms with van der Waals surface area (Å²) in [5.74, 6) is -2.54. The molecule has 0 amide bonds. The van der Waals surface area contributed by atoms with E-state index in [1.54, 1.807) is 48.5 Å². The molecular formula is C36H44BrCl2N3O8. The number of nitrogens with two attached hydrogens (primary N) is 1. The number of Topliss-reactive ketones (excluding diaryl/α,β-unsaturated/α-hetero) is 2. The van der Waals surface area contributed by atoms with Crippen molar-refractivity contribution in [1.82, 2.24) is 4.90 Å². The zero-order chi connectivity index (χ0) is 36.7. The van der Waals surface area contributed by atoms with Crippen molar-refractivity contribution in [2.75, 3.05) is 17.6 Å². The lowest BCUT2D eigenvalue weighted by Gasteiger charge is -2.34. The van der Waals surface area contributed by atoms with Gasteiger partial charge in [-0.15, -0.1) is 0 Å². The van der Waals surface area contributed by atoms with Gasteiger partial charge < -0.3 is 41.7 Å². The van der Waals surface area contributed by atoms with Crippen molar-refractivity contribution in [3.05, 3.63) is 85.8 Å². The normalized spacial score (nSPS) is 17.5. The molecule has 0 radical (unpaired) electrons. The number of aliphatic hydroxyl groups is 6. The van der Waals surface area contributed by atoms with Crippen molar-refractivity contribution in [2.24, 2.45) is 0 Å². The number of aliphatic hydroxyl groups excluding tert-OH is 6. The van der Waals surface area contributed by atoms with E-state index in [2.05, 4.69) is 33.1 Å². The monoisotopic (exact) mass is 795 g/mol. The molecule has 0 aromatic heterocycles. The second-order valence-corrected chi connectivity index (χ2v) is 14.3. The Morgan fingerprint density at radius 2 is 1.50 bits per heavy atom. The highest BCUT2D eigenvalue weighted by Crippen LogP contribution is 2.35. The smallest absolute Gasteiger partial charge is 0.229 e. The topological polar surface area (TPSA) is 197 Å². The lowest BCUT2D eigenvalue weighted by Crippen LogP contribution is -2.53. The Bertz CT molecular complexity index is 1620. The van der Waals surface area contributed by atoms with Crippen LogP contribution in [0, 0.1) is 0 Å². The molecule has 1 aliphatic rings. The van der Waals surface area contributed by atoms with Crippen molar-refractivity contribution < 1.29 is 40.2 Å². The van der Waals surface area contributed by atoms with E-state index in [1.165, 1.54) is 12.5 Å². The number of hydrogen-bond acceptors (Lipinski definition) is 11. The van der Waals surface area contributed by atoms with Gasteiger partial charge >= 0.3 is 0 Å². The molecule has 9 N–H and O–H groups in total. The van der Waals surface area contributed by atoms with Crippen molar-refractivity contribution in [3.8, 4) is 0 Å². The summed E-state index contributed by atoms with van der Waals surface area (Å²) in [5, 5.41) is 68.2. The molecule has 3 aromatic rings. The molecule has 272 valence electrons. The second kappa shape index (κ2) is 18.2. The molecule has 0 aliphatic heterocycles. The summed E-state index contributed by atoms with van der Waals surface area (Å²) >= 11 is 15.9. The van der Waals surface area contributed by atoms with Gasteiger partial charge in [-0.3, -0.25) is 14.5 Å². The molecule has 0 bridgehead atoms. The van der Waals surface area contributed by atoms with Crippen molar-refractivity contribution >= 4 is 67.8 Å². The van der Waals surface area contributed by atoms with Gasteiger partial charge in [0.25, 0.3) is 0 Å². The van der Waals surface area contributed by atoms with E-state index in [-0.39, 0.29) is 5.56 Å². The van der Waals surface area contributed by atoms with E-state index in [0.717, 1.165) is 32.2 Å². The van der Waals surface area contributed by atoms with Crippen LogP contribution in [-0.2, 0) is 22.6 Å². The summed E-state index contributed by atoms with van der Waals surface area (Å²) < 4.78 is 0.456. The number of nitrogens with one attached hydrogen (secondary N) is 1. The fourth-order valence-corrected chi connectivity index (χ4v) is 7.28. The van der Waals surface area contributed by atoms with Crippen LogP contribution < -0.4 is 11.1 Å². The third-order valence-electron chi connectivity index (χ3n) is 9.28. The van der Waals surface area contributed by atoms with Gasteiger partial charge in [0.15, 0.2) is 0 Å². The maximum Gasteiger partial charge on any atom is 0.229 e. The van der Waals surface area contributed by atoms with Gasteiger partial charge in [0.05, 0.1) is 21.4 Å². The zero-order valence-corrected chi connectivity index (χ0v) is 30.7. The fourth-order valence-electron chi connectivity index (χ4n) is 6.27. The number of carbonyl (C=O) groups excluding carboxylic acids is 2. The number of carbonyl (C=O) groups is 2. The predicted molar refractivity (Wildman–Crippen MR) is 196 cm³/mol. The standard InChI is InChI=1S/C36H44BrCl2N3O8/c1-2-42(22-10-4-3-5-11-22)18-21-15-20(16-23(37)28(21)40)30(44)32(46)34(48)36(50)35(49)33(47)31(45)27(43)17-19-9-6-7-14-26(19)41-29-24(38)12-8-13-25(29)39/h6-9,12-16,22,30,32-36,41,44,46-50H,2-5,10-11,17-18,40H2,1H3/t30?,32?,33-,34-,35-,36-/m1/s1. The Hall–Kier alpha value is -2.62. The predicted octanol–water partition coefficient (Wildman–Crippen LogP) is 4.46. The summed E-state index contributed by atoms with van der Waals surface area (Å²) in [6, 6.07) is 14.9. The average Bonchev–Trinajstić information content (AvgIpc) is 3.12. The van der Waals surface area contributed by atoms with Gasteiger partial charge in [-0.25, -0.2) is 0 Å². The number of rotatable bonds is 16. The van der Waals surface area contributed by atoms with Crippen LogP contribution >= 0.6 is 39.1 Å². The molecular weight excluding hydrogens is 753 g/mol. The number of anilines is 3. The molecule has 1 fully saturated rings. The molecule has 2 unspecified atom stereocenters. The first-order chi connectivity index (χ1) is 23.7. The van der Waals surface area contributed by atoms with E-state index in [1.807, 2.05) is 0 Å². The highest BCUT2D eigenvalue weighted by atomic mass is 79.9. The van der Waals surface area contributed by atoms with Crippen LogP contribution in [0.2, 0.25) is 10.0 Å². The summed E-state index contributed by atoms with van der Waals surface area (Å²) in [6.07, 6.45) is -8.09. The maximum absolute atomic E-state index is 13.0. The summed E-state index contributed by atoms with van der Waals surface area (Å²) in [4.78, 5) is 28.2. The van der Waals surface area contributed by atoms with Gasteiger partial charge in [-0.2, -0.15) is 0 Å². The Morgan fingerprint density at radius 1 is 0.880 bits per heavy atom. The fraction of sp³-hybridized carbons (Fsp3) is 0.444. The van der Waals surface area contributed by atoms with Crippen molar-refractivity contribution in [1.29, 1.82) is 0 Å². The largest absolute Gasteiger partial charge is 0.398 e.